The Labute approximate surface area is 248 Å². The molecule has 5 atom stereocenters. The van der Waals surface area contributed by atoms with E-state index in [0.717, 1.165) is 25.2 Å². The summed E-state index contributed by atoms with van der Waals surface area (Å²) in [6.45, 7) is 5.56. The average molecular weight is 563 g/mol. The maximum absolute atomic E-state index is 9.43. The van der Waals surface area contributed by atoms with Crippen LogP contribution in [0.15, 0.2) is 23.8 Å². The van der Waals surface area contributed by atoms with Gasteiger partial charge < -0.3 is 0 Å². The van der Waals surface area contributed by atoms with Gasteiger partial charge >= 0.3 is 0 Å². The minimum absolute atomic E-state index is 0.378. The van der Waals surface area contributed by atoms with E-state index in [-0.39, 0.29) is 0 Å². The third-order valence-electron chi connectivity index (χ3n) is 9.92. The van der Waals surface area contributed by atoms with Gasteiger partial charge in [-0.1, -0.05) is 140 Å². The smallest absolute Gasteiger partial charge is 0.0884 e. The Morgan fingerprint density at radius 3 is 1.98 bits per heavy atom. The Kier molecular flexibility index (Phi) is 21.2. The Bertz CT molecular complexity index is 645. The van der Waals surface area contributed by atoms with Gasteiger partial charge in [-0.05, 0) is 68.6 Å². The molecular weight excluding hydrogens is 496 g/mol. The van der Waals surface area contributed by atoms with Gasteiger partial charge in [0.2, 0.25) is 0 Å². The maximum Gasteiger partial charge on any atom is 0.0884 e. The van der Waals surface area contributed by atoms with Crippen molar-refractivity contribution >= 4 is 0 Å². The zero-order chi connectivity index (χ0) is 28.7. The van der Waals surface area contributed by atoms with Crippen LogP contribution < -0.4 is 0 Å². The first-order valence-electron chi connectivity index (χ1n) is 17.7. The molecule has 0 radical (unpaired) electrons. The fraction of sp³-hybridized carbons (Fsp3) is 0.889. The van der Waals surface area contributed by atoms with Gasteiger partial charge in [0, 0.05) is 5.92 Å². The number of hydrogen-bond donors (Lipinski definition) is 2. The summed E-state index contributed by atoms with van der Waals surface area (Å²) < 4.78 is 0. The summed E-state index contributed by atoms with van der Waals surface area (Å²) in [6.07, 6.45) is 37.6. The molecule has 2 aliphatic carbocycles. The van der Waals surface area contributed by atoms with Gasteiger partial charge in [-0.2, -0.15) is 0 Å². The highest BCUT2D eigenvalue weighted by atomic mass is 17.1. The highest BCUT2D eigenvalue weighted by molar-refractivity contribution is 5.17. The summed E-state index contributed by atoms with van der Waals surface area (Å²) >= 11 is 0. The van der Waals surface area contributed by atoms with E-state index in [1.807, 2.05) is 0 Å². The first-order valence-corrected chi connectivity index (χ1v) is 17.7. The highest BCUT2D eigenvalue weighted by Crippen LogP contribution is 2.44. The molecule has 0 spiro atoms. The van der Waals surface area contributed by atoms with Crippen molar-refractivity contribution in [2.24, 2.45) is 29.6 Å². The fourth-order valence-electron chi connectivity index (χ4n) is 7.49. The summed E-state index contributed by atoms with van der Waals surface area (Å²) in [5.41, 5.74) is 1.59. The summed E-state index contributed by atoms with van der Waals surface area (Å²) in [5, 5.41) is 18.0. The molecule has 0 amide bonds. The van der Waals surface area contributed by atoms with Crippen molar-refractivity contribution in [1.29, 1.82) is 0 Å². The Hall–Kier alpha value is -0.680. The molecule has 4 unspecified atom stereocenters. The Balaban J connectivity index is 2.20. The van der Waals surface area contributed by atoms with Crippen LogP contribution in [0.2, 0.25) is 0 Å². The summed E-state index contributed by atoms with van der Waals surface area (Å²) in [7, 11) is 0. The van der Waals surface area contributed by atoms with Crippen molar-refractivity contribution in [2.45, 2.75) is 162 Å². The van der Waals surface area contributed by atoms with Crippen LogP contribution in [0.5, 0.6) is 0 Å². The molecule has 0 aromatic carbocycles. The minimum Gasteiger partial charge on any atom is -0.252 e. The lowest BCUT2D eigenvalue weighted by molar-refractivity contribution is -0.249. The zero-order valence-electron chi connectivity index (χ0n) is 26.5. The molecule has 0 bridgehead atoms. The lowest BCUT2D eigenvalue weighted by Gasteiger charge is -2.40. The van der Waals surface area contributed by atoms with E-state index < -0.39 is 0 Å². The van der Waals surface area contributed by atoms with Gasteiger partial charge in [0.05, 0.1) is 13.2 Å². The van der Waals surface area contributed by atoms with Crippen LogP contribution in [-0.4, -0.2) is 23.7 Å². The van der Waals surface area contributed by atoms with E-state index in [2.05, 4.69) is 37.0 Å². The molecular formula is C36H66O4. The lowest BCUT2D eigenvalue weighted by Crippen LogP contribution is -2.31. The van der Waals surface area contributed by atoms with E-state index in [4.69, 9.17) is 10.1 Å². The molecule has 2 N–H and O–H groups in total. The van der Waals surface area contributed by atoms with Crippen LogP contribution in [-0.2, 0) is 9.78 Å². The molecule has 0 heterocycles. The van der Waals surface area contributed by atoms with E-state index in [1.54, 1.807) is 5.57 Å². The van der Waals surface area contributed by atoms with E-state index in [9.17, 15) is 5.26 Å². The largest absolute Gasteiger partial charge is 0.252 e. The van der Waals surface area contributed by atoms with E-state index in [0.29, 0.717) is 36.9 Å². The van der Waals surface area contributed by atoms with Gasteiger partial charge in [-0.15, -0.1) is 0 Å². The third kappa shape index (κ3) is 14.5. The van der Waals surface area contributed by atoms with Crippen LogP contribution in [0, 0.1) is 29.6 Å². The SMILES string of the molecule is CCCCCCC1C=C[C@@H](CCCCCCCCOO)C(/C=C2\CCCCCCC2COO)C1CCCCCC. The van der Waals surface area contributed by atoms with Crippen LogP contribution in [0.4, 0.5) is 0 Å². The number of allylic oxidation sites excluding steroid dienone is 3. The molecule has 4 nitrogen and oxygen atoms in total. The number of rotatable bonds is 22. The predicted molar refractivity (Wildman–Crippen MR) is 169 cm³/mol. The normalized spacial score (nSPS) is 26.7. The maximum atomic E-state index is 9.43. The molecule has 4 heteroatoms. The third-order valence-corrected chi connectivity index (χ3v) is 9.92. The first kappa shape index (κ1) is 35.5. The summed E-state index contributed by atoms with van der Waals surface area (Å²) in [5.74, 6) is 3.11. The number of unbranched alkanes of at least 4 members (excludes halogenated alkanes) is 11. The quantitative estimate of drug-likeness (QED) is 0.0596. The van der Waals surface area contributed by atoms with Crippen molar-refractivity contribution < 1.29 is 20.3 Å². The van der Waals surface area contributed by atoms with Crippen LogP contribution in [0.25, 0.3) is 0 Å². The molecule has 0 aromatic rings. The van der Waals surface area contributed by atoms with Crippen LogP contribution in [0.3, 0.4) is 0 Å². The molecule has 0 saturated heterocycles. The Morgan fingerprint density at radius 1 is 0.675 bits per heavy atom. The molecule has 0 aromatic heterocycles. The highest BCUT2D eigenvalue weighted by Gasteiger charge is 2.35. The van der Waals surface area contributed by atoms with E-state index in [1.165, 1.54) is 128 Å². The van der Waals surface area contributed by atoms with Crippen molar-refractivity contribution in [3.8, 4) is 0 Å². The predicted octanol–water partition coefficient (Wildman–Crippen LogP) is 11.6. The standard InChI is InChI=1S/C36H66O4/c1-3-5-7-15-21-31-26-27-32(22-16-11-9-10-14-20-28-39-37)36(35(31)25-19-8-6-4-2)29-33-23-17-12-13-18-24-34(33)30-40-38/h26-27,29,31-32,34-38H,3-25,28,30H2,1-2H3/b33-29+/t31?,32-,34?,35?,36?/m1/s1. The van der Waals surface area contributed by atoms with Gasteiger partial charge in [-0.25, -0.2) is 9.78 Å². The molecule has 1 fully saturated rings. The summed E-state index contributed by atoms with van der Waals surface area (Å²) in [4.78, 5) is 9.01. The average Bonchev–Trinajstić information content (AvgIpc) is 2.95. The first-order chi connectivity index (χ1) is 19.7. The van der Waals surface area contributed by atoms with Gasteiger partial charge in [0.1, 0.15) is 0 Å². The lowest BCUT2D eigenvalue weighted by atomic mass is 9.65. The molecule has 2 aliphatic rings. The van der Waals surface area contributed by atoms with Crippen molar-refractivity contribution in [2.75, 3.05) is 13.2 Å². The van der Waals surface area contributed by atoms with Crippen molar-refractivity contribution in [3.63, 3.8) is 0 Å². The topological polar surface area (TPSA) is 58.9 Å². The molecule has 2 rings (SSSR count). The molecule has 40 heavy (non-hydrogen) atoms. The van der Waals surface area contributed by atoms with Crippen LogP contribution in [0.1, 0.15) is 162 Å². The zero-order valence-corrected chi connectivity index (χ0v) is 26.5. The number of hydrogen-bond acceptors (Lipinski definition) is 4. The molecule has 0 aliphatic heterocycles. The molecule has 1 saturated carbocycles. The Morgan fingerprint density at radius 2 is 1.27 bits per heavy atom. The second-order valence-electron chi connectivity index (χ2n) is 13.1. The van der Waals surface area contributed by atoms with Gasteiger partial charge in [-0.3, -0.25) is 10.5 Å². The monoisotopic (exact) mass is 562 g/mol. The van der Waals surface area contributed by atoms with Gasteiger partial charge in [0.25, 0.3) is 0 Å². The molecule has 234 valence electrons. The second kappa shape index (κ2) is 23.8. The minimum atomic E-state index is 0.378. The van der Waals surface area contributed by atoms with Gasteiger partial charge in [0.15, 0.2) is 0 Å². The fourth-order valence-corrected chi connectivity index (χ4v) is 7.49. The van der Waals surface area contributed by atoms with Crippen LogP contribution >= 0.6 is 0 Å². The van der Waals surface area contributed by atoms with E-state index >= 15 is 0 Å². The summed E-state index contributed by atoms with van der Waals surface area (Å²) in [6, 6.07) is 0. The van der Waals surface area contributed by atoms with Crippen molar-refractivity contribution in [3.05, 3.63) is 23.8 Å². The van der Waals surface area contributed by atoms with Crippen molar-refractivity contribution in [1.82, 2.24) is 0 Å². The second-order valence-corrected chi connectivity index (χ2v) is 13.1.